The number of imidazole rings is 1. The fourth-order valence-corrected chi connectivity index (χ4v) is 2.14. The number of nitrogens with one attached hydrogen (secondary N) is 1. The third kappa shape index (κ3) is 2.90. The number of rotatable bonds is 6. The van der Waals surface area contributed by atoms with Crippen LogP contribution in [0.3, 0.4) is 0 Å². The molecule has 2 aromatic rings. The number of hydrogen-bond acceptors (Lipinski definition) is 4. The topological polar surface area (TPSA) is 42.7 Å². The molecule has 0 aliphatic rings. The predicted octanol–water partition coefficient (Wildman–Crippen LogP) is 1.69. The SMILES string of the molecule is CCNCc1cncn1CCc1cscn1. The van der Waals surface area contributed by atoms with E-state index in [0.717, 1.165) is 31.7 Å². The molecule has 16 heavy (non-hydrogen) atoms. The van der Waals surface area contributed by atoms with Crippen LogP contribution in [0, 0.1) is 0 Å². The Bertz CT molecular complexity index is 407. The van der Waals surface area contributed by atoms with E-state index in [1.807, 2.05) is 18.0 Å². The lowest BCUT2D eigenvalue weighted by Crippen LogP contribution is -2.15. The summed E-state index contributed by atoms with van der Waals surface area (Å²) < 4.78 is 2.18. The van der Waals surface area contributed by atoms with Crippen LogP contribution < -0.4 is 5.32 Å². The average molecular weight is 236 g/mol. The highest BCUT2D eigenvalue weighted by molar-refractivity contribution is 7.07. The van der Waals surface area contributed by atoms with Crippen molar-refractivity contribution in [1.29, 1.82) is 0 Å². The van der Waals surface area contributed by atoms with Crippen molar-refractivity contribution in [3.05, 3.63) is 34.8 Å². The van der Waals surface area contributed by atoms with Crippen LogP contribution in [0.5, 0.6) is 0 Å². The quantitative estimate of drug-likeness (QED) is 0.830. The molecule has 2 heterocycles. The Balaban J connectivity index is 1.91. The Labute approximate surface area is 99.4 Å². The second kappa shape index (κ2) is 5.77. The maximum absolute atomic E-state index is 4.28. The van der Waals surface area contributed by atoms with E-state index in [2.05, 4.69) is 32.2 Å². The zero-order valence-corrected chi connectivity index (χ0v) is 10.2. The van der Waals surface area contributed by atoms with Gasteiger partial charge in [0.15, 0.2) is 0 Å². The summed E-state index contributed by atoms with van der Waals surface area (Å²) >= 11 is 1.65. The van der Waals surface area contributed by atoms with Crippen molar-refractivity contribution in [2.75, 3.05) is 6.54 Å². The first-order chi connectivity index (χ1) is 7.90. The lowest BCUT2D eigenvalue weighted by molar-refractivity contribution is 0.616. The Morgan fingerprint density at radius 2 is 2.44 bits per heavy atom. The Morgan fingerprint density at radius 3 is 3.19 bits per heavy atom. The van der Waals surface area contributed by atoms with E-state index < -0.39 is 0 Å². The molecule has 0 atom stereocenters. The molecule has 2 aromatic heterocycles. The molecule has 0 amide bonds. The van der Waals surface area contributed by atoms with Crippen molar-refractivity contribution < 1.29 is 0 Å². The minimum Gasteiger partial charge on any atom is -0.333 e. The van der Waals surface area contributed by atoms with Gasteiger partial charge < -0.3 is 9.88 Å². The van der Waals surface area contributed by atoms with Crippen LogP contribution in [0.4, 0.5) is 0 Å². The van der Waals surface area contributed by atoms with Gasteiger partial charge in [-0.05, 0) is 6.54 Å². The Kier molecular flexibility index (Phi) is 4.07. The van der Waals surface area contributed by atoms with Crippen LogP contribution in [0.15, 0.2) is 23.4 Å². The number of aryl methyl sites for hydroxylation is 2. The Hall–Kier alpha value is -1.20. The molecular weight excluding hydrogens is 220 g/mol. The van der Waals surface area contributed by atoms with Crippen LogP contribution >= 0.6 is 11.3 Å². The largest absolute Gasteiger partial charge is 0.333 e. The summed E-state index contributed by atoms with van der Waals surface area (Å²) in [4.78, 5) is 8.46. The summed E-state index contributed by atoms with van der Waals surface area (Å²) in [6, 6.07) is 0. The molecule has 0 fully saturated rings. The maximum atomic E-state index is 4.28. The van der Waals surface area contributed by atoms with Gasteiger partial charge in [0, 0.05) is 31.1 Å². The van der Waals surface area contributed by atoms with E-state index in [-0.39, 0.29) is 0 Å². The molecule has 1 N–H and O–H groups in total. The van der Waals surface area contributed by atoms with Crippen molar-refractivity contribution in [3.8, 4) is 0 Å². The van der Waals surface area contributed by atoms with Gasteiger partial charge in [-0.1, -0.05) is 6.92 Å². The number of aromatic nitrogens is 3. The molecule has 0 saturated heterocycles. The normalized spacial score (nSPS) is 10.8. The fraction of sp³-hybridized carbons (Fsp3) is 0.455. The molecule has 0 spiro atoms. The summed E-state index contributed by atoms with van der Waals surface area (Å²) in [5, 5.41) is 5.41. The molecule has 0 aromatic carbocycles. The van der Waals surface area contributed by atoms with E-state index >= 15 is 0 Å². The van der Waals surface area contributed by atoms with E-state index in [9.17, 15) is 0 Å². The fourth-order valence-electron chi connectivity index (χ4n) is 1.55. The Morgan fingerprint density at radius 1 is 1.50 bits per heavy atom. The van der Waals surface area contributed by atoms with Crippen LogP contribution in [-0.2, 0) is 19.5 Å². The van der Waals surface area contributed by atoms with E-state index in [4.69, 9.17) is 0 Å². The second-order valence-corrected chi connectivity index (χ2v) is 4.31. The van der Waals surface area contributed by atoms with Crippen LogP contribution in [0.2, 0.25) is 0 Å². The van der Waals surface area contributed by atoms with Crippen molar-refractivity contribution in [3.63, 3.8) is 0 Å². The van der Waals surface area contributed by atoms with Crippen LogP contribution in [0.1, 0.15) is 18.3 Å². The van der Waals surface area contributed by atoms with E-state index in [1.165, 1.54) is 5.69 Å². The highest BCUT2D eigenvalue weighted by Gasteiger charge is 2.02. The second-order valence-electron chi connectivity index (χ2n) is 3.59. The zero-order chi connectivity index (χ0) is 11.2. The number of hydrogen-bond donors (Lipinski definition) is 1. The average Bonchev–Trinajstić information content (AvgIpc) is 2.94. The minimum absolute atomic E-state index is 0.883. The summed E-state index contributed by atoms with van der Waals surface area (Å²) in [5.41, 5.74) is 4.27. The van der Waals surface area contributed by atoms with Crippen LogP contribution in [0.25, 0.3) is 0 Å². The molecule has 0 bridgehead atoms. The molecule has 0 aliphatic heterocycles. The van der Waals surface area contributed by atoms with Crippen molar-refractivity contribution in [1.82, 2.24) is 19.9 Å². The summed E-state index contributed by atoms with van der Waals surface area (Å²) in [6.45, 7) is 4.92. The van der Waals surface area contributed by atoms with Gasteiger partial charge in [0.2, 0.25) is 0 Å². The molecule has 0 radical (unpaired) electrons. The highest BCUT2D eigenvalue weighted by Crippen LogP contribution is 2.05. The minimum atomic E-state index is 0.883. The van der Waals surface area contributed by atoms with Crippen molar-refractivity contribution in [2.45, 2.75) is 26.4 Å². The van der Waals surface area contributed by atoms with Gasteiger partial charge in [-0.25, -0.2) is 9.97 Å². The van der Waals surface area contributed by atoms with Gasteiger partial charge in [-0.15, -0.1) is 11.3 Å². The summed E-state index contributed by atoms with van der Waals surface area (Å²) in [7, 11) is 0. The van der Waals surface area contributed by atoms with Crippen LogP contribution in [-0.4, -0.2) is 21.1 Å². The van der Waals surface area contributed by atoms with E-state index in [0.29, 0.717) is 0 Å². The van der Waals surface area contributed by atoms with Gasteiger partial charge in [0.25, 0.3) is 0 Å². The molecule has 0 aliphatic carbocycles. The van der Waals surface area contributed by atoms with Gasteiger partial charge in [0.05, 0.1) is 23.2 Å². The predicted molar refractivity (Wildman–Crippen MR) is 65.4 cm³/mol. The molecule has 4 nitrogen and oxygen atoms in total. The third-order valence-electron chi connectivity index (χ3n) is 2.45. The first kappa shape index (κ1) is 11.3. The zero-order valence-electron chi connectivity index (χ0n) is 9.39. The van der Waals surface area contributed by atoms with Crippen molar-refractivity contribution >= 4 is 11.3 Å². The summed E-state index contributed by atoms with van der Waals surface area (Å²) in [6.07, 6.45) is 4.78. The molecule has 86 valence electrons. The maximum Gasteiger partial charge on any atom is 0.0948 e. The first-order valence-corrected chi connectivity index (χ1v) is 6.41. The smallest absolute Gasteiger partial charge is 0.0948 e. The lowest BCUT2D eigenvalue weighted by Gasteiger charge is -2.07. The van der Waals surface area contributed by atoms with Gasteiger partial charge in [-0.2, -0.15) is 0 Å². The first-order valence-electron chi connectivity index (χ1n) is 5.47. The summed E-state index contributed by atoms with van der Waals surface area (Å²) in [5.74, 6) is 0. The van der Waals surface area contributed by atoms with Gasteiger partial charge in [-0.3, -0.25) is 0 Å². The standard InChI is InChI=1S/C11H16N4S/c1-2-12-5-11-6-13-8-15(11)4-3-10-7-16-9-14-10/h6-9,12H,2-5H2,1H3. The number of thiazole rings is 1. The van der Waals surface area contributed by atoms with Gasteiger partial charge >= 0.3 is 0 Å². The molecule has 0 saturated carbocycles. The molecule has 2 rings (SSSR count). The molecule has 5 heteroatoms. The third-order valence-corrected chi connectivity index (χ3v) is 3.08. The molecule has 0 unspecified atom stereocenters. The highest BCUT2D eigenvalue weighted by atomic mass is 32.1. The van der Waals surface area contributed by atoms with E-state index in [1.54, 1.807) is 11.3 Å². The molecular formula is C11H16N4S. The lowest BCUT2D eigenvalue weighted by atomic mass is 10.3. The van der Waals surface area contributed by atoms with Gasteiger partial charge in [0.1, 0.15) is 0 Å². The monoisotopic (exact) mass is 236 g/mol. The van der Waals surface area contributed by atoms with Crippen molar-refractivity contribution in [2.24, 2.45) is 0 Å². The number of nitrogens with zero attached hydrogens (tertiary/aromatic N) is 3.